The van der Waals surface area contributed by atoms with Gasteiger partial charge in [0.25, 0.3) is 0 Å². The van der Waals surface area contributed by atoms with Crippen molar-refractivity contribution < 1.29 is 102 Å². The molecular weight excluding hydrogens is 547 g/mol. The molecule has 0 amide bonds. The van der Waals surface area contributed by atoms with E-state index in [2.05, 4.69) is 0 Å². The number of carbonyl (C=O) groups is 4. The Morgan fingerprint density at radius 3 is 0.529 bits per heavy atom. The zero-order valence-electron chi connectivity index (χ0n) is 20.3. The van der Waals surface area contributed by atoms with E-state index in [1.54, 1.807) is 20.8 Å². The van der Waals surface area contributed by atoms with Gasteiger partial charge >= 0.3 is 26.2 Å². The van der Waals surface area contributed by atoms with Gasteiger partial charge in [-0.15, -0.1) is 0 Å². The van der Waals surface area contributed by atoms with Crippen molar-refractivity contribution in [2.75, 3.05) is 19.8 Å². The molecule has 34 heavy (non-hydrogen) atoms. The van der Waals surface area contributed by atoms with Crippen LogP contribution in [0.1, 0.15) is 48.5 Å². The Morgan fingerprint density at radius 2 is 0.529 bits per heavy atom. The first-order valence-corrected chi connectivity index (χ1v) is 9.20. The van der Waals surface area contributed by atoms with Crippen LogP contribution in [0.25, 0.3) is 0 Å². The third-order valence-electron chi connectivity index (χ3n) is 1.36. The Balaban J connectivity index is -0.0000000393. The first-order valence-electron chi connectivity index (χ1n) is 9.20. The standard InChI is InChI=1S/4C3H6O3.3C2H6O.Zr/c4*1-2(4)3(5)6;3*1-2-3;/h4*2,4H,1H3,(H,5,6);3*3H,2H2,1H3;/q;;;;;;;+4/p-4. The Morgan fingerprint density at radius 1 is 0.500 bits per heavy atom. The molecule has 0 aliphatic carbocycles. The topological polar surface area (TPSA) is 302 Å². The van der Waals surface area contributed by atoms with Gasteiger partial charge in [-0.25, -0.2) is 0 Å². The molecule has 0 spiro atoms. The second-order valence-corrected chi connectivity index (χ2v) is 4.93. The van der Waals surface area contributed by atoms with Gasteiger partial charge < -0.3 is 75.3 Å². The maximum atomic E-state index is 9.34. The smallest absolute Gasteiger partial charge is 0.547 e. The number of carboxylic acid groups (broad SMARTS) is 4. The largest absolute Gasteiger partial charge is 4.00 e. The monoisotopic (exact) mass is 584 g/mol. The summed E-state index contributed by atoms with van der Waals surface area (Å²) in [6.45, 7) is 10.3. The molecule has 0 saturated carbocycles. The molecule has 0 aromatic carbocycles. The van der Waals surface area contributed by atoms with E-state index in [4.69, 9.17) is 35.7 Å². The maximum Gasteiger partial charge on any atom is 4.00 e. The molecule has 0 aromatic heterocycles. The molecule has 0 radical (unpaired) electrons. The Hall–Kier alpha value is -1.52. The number of hydrogen-bond acceptors (Lipinski definition) is 15. The van der Waals surface area contributed by atoms with E-state index in [1.807, 2.05) is 0 Å². The van der Waals surface area contributed by atoms with Crippen molar-refractivity contribution in [1.29, 1.82) is 0 Å². The van der Waals surface area contributed by atoms with Crippen LogP contribution in [-0.2, 0) is 45.4 Å². The molecule has 0 aromatic rings. The van der Waals surface area contributed by atoms with E-state index in [0.717, 1.165) is 27.7 Å². The summed E-state index contributed by atoms with van der Waals surface area (Å²) in [5.41, 5.74) is 0. The van der Waals surface area contributed by atoms with E-state index in [0.29, 0.717) is 0 Å². The number of aliphatic hydroxyl groups is 7. The number of aliphatic carboxylic acids is 4. The van der Waals surface area contributed by atoms with Gasteiger partial charge in [0, 0.05) is 19.8 Å². The molecule has 204 valence electrons. The van der Waals surface area contributed by atoms with Crippen molar-refractivity contribution in [2.45, 2.75) is 72.9 Å². The zero-order chi connectivity index (χ0) is 28.7. The minimum Gasteiger partial charge on any atom is -0.547 e. The number of carbonyl (C=O) groups excluding carboxylic acids is 4. The van der Waals surface area contributed by atoms with Crippen LogP contribution in [0, 0.1) is 0 Å². The molecule has 0 rings (SSSR count). The molecule has 0 saturated heterocycles. The van der Waals surface area contributed by atoms with Gasteiger partial charge in [0.2, 0.25) is 0 Å². The summed E-state index contributed by atoms with van der Waals surface area (Å²) < 4.78 is 0. The molecule has 4 atom stereocenters. The van der Waals surface area contributed by atoms with Crippen LogP contribution in [0.5, 0.6) is 0 Å². The minimum absolute atomic E-state index is 0. The zero-order valence-corrected chi connectivity index (χ0v) is 22.8. The van der Waals surface area contributed by atoms with Gasteiger partial charge in [-0.1, -0.05) is 0 Å². The van der Waals surface area contributed by atoms with Crippen molar-refractivity contribution in [2.24, 2.45) is 0 Å². The van der Waals surface area contributed by atoms with Gasteiger partial charge in [0.05, 0.1) is 48.3 Å². The van der Waals surface area contributed by atoms with Gasteiger partial charge in [0.1, 0.15) is 0 Å². The minimum atomic E-state index is -1.44. The van der Waals surface area contributed by atoms with Gasteiger partial charge in [-0.2, -0.15) is 0 Å². The second-order valence-electron chi connectivity index (χ2n) is 4.93. The molecule has 0 bridgehead atoms. The fourth-order valence-corrected chi connectivity index (χ4v) is 0. The SMILES string of the molecule is CC(O)C(=O)[O-].CC(O)C(=O)[O-].CC(O)C(=O)[O-].CC(O)C(=O)[O-].CCO.CCO.CCO.[Zr+4]. The van der Waals surface area contributed by atoms with Crippen molar-refractivity contribution in [3.8, 4) is 0 Å². The predicted molar refractivity (Wildman–Crippen MR) is 105 cm³/mol. The molecule has 15 nitrogen and oxygen atoms in total. The fraction of sp³-hybridized carbons (Fsp3) is 0.778. The summed E-state index contributed by atoms with van der Waals surface area (Å²) in [6, 6.07) is 0. The van der Waals surface area contributed by atoms with Gasteiger partial charge in [-0.05, 0) is 48.5 Å². The summed E-state index contributed by atoms with van der Waals surface area (Å²) in [5, 5.41) is 91.9. The third kappa shape index (κ3) is 126. The molecule has 0 heterocycles. The average molecular weight is 586 g/mol. The number of hydrogen-bond donors (Lipinski definition) is 7. The van der Waals surface area contributed by atoms with E-state index in [-0.39, 0.29) is 46.0 Å². The molecule has 0 aliphatic heterocycles. The van der Waals surface area contributed by atoms with Crippen LogP contribution < -0.4 is 20.4 Å². The quantitative estimate of drug-likeness (QED) is 0.161. The second kappa shape index (κ2) is 45.0. The summed E-state index contributed by atoms with van der Waals surface area (Å²) in [6.07, 6.45) is -5.37. The predicted octanol–water partition coefficient (Wildman–Crippen LogP) is -7.54. The van der Waals surface area contributed by atoms with Crippen molar-refractivity contribution in [1.82, 2.24) is 0 Å². The van der Waals surface area contributed by atoms with E-state index < -0.39 is 48.3 Å². The normalized spacial score (nSPS) is 11.2. The molecule has 16 heteroatoms. The third-order valence-corrected chi connectivity index (χ3v) is 1.36. The number of aliphatic hydroxyl groups excluding tert-OH is 7. The van der Waals surface area contributed by atoms with E-state index >= 15 is 0 Å². The Kier molecular flexibility index (Phi) is 71.2. The summed E-state index contributed by atoms with van der Waals surface area (Å²) in [4.78, 5) is 37.4. The molecule has 4 unspecified atom stereocenters. The fourth-order valence-electron chi connectivity index (χ4n) is 0. The molecule has 7 N–H and O–H groups in total. The van der Waals surface area contributed by atoms with Crippen LogP contribution >= 0.6 is 0 Å². The Labute approximate surface area is 218 Å². The van der Waals surface area contributed by atoms with Gasteiger partial charge in [0.15, 0.2) is 0 Å². The first kappa shape index (κ1) is 53.7. The molecule has 0 fully saturated rings. The molecule has 0 aliphatic rings. The number of rotatable bonds is 4. The van der Waals surface area contributed by atoms with Crippen LogP contribution in [0.2, 0.25) is 0 Å². The Bertz CT molecular complexity index is 351. The van der Waals surface area contributed by atoms with Crippen LogP contribution in [0.15, 0.2) is 0 Å². The summed E-state index contributed by atoms with van der Waals surface area (Å²) >= 11 is 0. The van der Waals surface area contributed by atoms with Crippen LogP contribution in [0.4, 0.5) is 0 Å². The van der Waals surface area contributed by atoms with Crippen molar-refractivity contribution >= 4 is 23.9 Å². The van der Waals surface area contributed by atoms with E-state index in [9.17, 15) is 39.6 Å². The average Bonchev–Trinajstić information content (AvgIpc) is 2.64. The molecular formula is C18H38O15Zr. The van der Waals surface area contributed by atoms with Crippen LogP contribution in [-0.4, -0.2) is 104 Å². The number of carboxylic acids is 4. The van der Waals surface area contributed by atoms with Crippen molar-refractivity contribution in [3.63, 3.8) is 0 Å². The van der Waals surface area contributed by atoms with Crippen molar-refractivity contribution in [3.05, 3.63) is 0 Å². The summed E-state index contributed by atoms with van der Waals surface area (Å²) in [5.74, 6) is -5.74. The van der Waals surface area contributed by atoms with Gasteiger partial charge in [-0.3, -0.25) is 0 Å². The maximum absolute atomic E-state index is 9.34. The van der Waals surface area contributed by atoms with Crippen LogP contribution in [0.3, 0.4) is 0 Å². The first-order chi connectivity index (χ1) is 14.8. The summed E-state index contributed by atoms with van der Waals surface area (Å²) in [7, 11) is 0. The van der Waals surface area contributed by atoms with E-state index in [1.165, 1.54) is 0 Å².